The standard InChI is InChI=1S/C14H21NO4S/c1-4-5-6-13(14(16)17)15-20(18,19)12-8-10(2)7-11(3)9-12/h7-9,13,15H,4-6H2,1-3H3,(H,16,17). The Kier molecular flexibility index (Phi) is 5.71. The second-order valence-electron chi connectivity index (χ2n) is 4.98. The second kappa shape index (κ2) is 6.85. The van der Waals surface area contributed by atoms with Gasteiger partial charge in [-0.15, -0.1) is 0 Å². The minimum atomic E-state index is -3.81. The lowest BCUT2D eigenvalue weighted by Gasteiger charge is -2.15. The summed E-state index contributed by atoms with van der Waals surface area (Å²) in [6.45, 7) is 5.53. The summed E-state index contributed by atoms with van der Waals surface area (Å²) in [5.41, 5.74) is 1.65. The molecule has 2 N–H and O–H groups in total. The van der Waals surface area contributed by atoms with Gasteiger partial charge in [-0.1, -0.05) is 25.8 Å². The van der Waals surface area contributed by atoms with Gasteiger partial charge < -0.3 is 5.11 Å². The molecule has 0 amide bonds. The van der Waals surface area contributed by atoms with E-state index in [0.29, 0.717) is 6.42 Å². The van der Waals surface area contributed by atoms with E-state index < -0.39 is 22.0 Å². The van der Waals surface area contributed by atoms with E-state index in [4.69, 9.17) is 5.11 Å². The Morgan fingerprint density at radius 2 is 1.80 bits per heavy atom. The fourth-order valence-electron chi connectivity index (χ4n) is 1.98. The number of benzene rings is 1. The van der Waals surface area contributed by atoms with Crippen molar-refractivity contribution in [1.29, 1.82) is 0 Å². The van der Waals surface area contributed by atoms with Gasteiger partial charge >= 0.3 is 5.97 Å². The quantitative estimate of drug-likeness (QED) is 0.808. The van der Waals surface area contributed by atoms with Crippen LogP contribution in [-0.4, -0.2) is 25.5 Å². The smallest absolute Gasteiger partial charge is 0.321 e. The summed E-state index contributed by atoms with van der Waals surface area (Å²) in [5, 5.41) is 9.09. The highest BCUT2D eigenvalue weighted by molar-refractivity contribution is 7.89. The van der Waals surface area contributed by atoms with E-state index in [1.54, 1.807) is 13.8 Å². The number of carbonyl (C=O) groups is 1. The number of rotatable bonds is 7. The van der Waals surface area contributed by atoms with E-state index in [0.717, 1.165) is 17.5 Å². The summed E-state index contributed by atoms with van der Waals surface area (Å²) < 4.78 is 26.8. The zero-order chi connectivity index (χ0) is 15.3. The number of unbranched alkanes of at least 4 members (excludes halogenated alkanes) is 1. The van der Waals surface area contributed by atoms with Crippen molar-refractivity contribution in [2.75, 3.05) is 0 Å². The third kappa shape index (κ3) is 4.61. The number of hydrogen-bond donors (Lipinski definition) is 2. The predicted molar refractivity (Wildman–Crippen MR) is 77.2 cm³/mol. The van der Waals surface area contributed by atoms with Gasteiger partial charge in [0.25, 0.3) is 0 Å². The van der Waals surface area contributed by atoms with Gasteiger partial charge in [-0.25, -0.2) is 8.42 Å². The largest absolute Gasteiger partial charge is 0.480 e. The zero-order valence-electron chi connectivity index (χ0n) is 12.0. The van der Waals surface area contributed by atoms with E-state index >= 15 is 0 Å². The molecule has 1 aromatic rings. The Bertz CT molecular complexity index is 561. The molecule has 0 aliphatic rings. The van der Waals surface area contributed by atoms with Gasteiger partial charge in [0.05, 0.1) is 4.90 Å². The highest BCUT2D eigenvalue weighted by Gasteiger charge is 2.25. The van der Waals surface area contributed by atoms with Crippen molar-refractivity contribution in [3.05, 3.63) is 29.3 Å². The minimum Gasteiger partial charge on any atom is -0.480 e. The molecule has 1 atom stereocenters. The number of aryl methyl sites for hydroxylation is 2. The maximum Gasteiger partial charge on any atom is 0.321 e. The fourth-order valence-corrected chi connectivity index (χ4v) is 3.40. The molecule has 1 rings (SSSR count). The number of carboxylic acid groups (broad SMARTS) is 1. The number of carboxylic acids is 1. The van der Waals surface area contributed by atoms with Gasteiger partial charge in [0.1, 0.15) is 6.04 Å². The van der Waals surface area contributed by atoms with Crippen molar-refractivity contribution >= 4 is 16.0 Å². The lowest BCUT2D eigenvalue weighted by atomic mass is 10.1. The van der Waals surface area contributed by atoms with Crippen molar-refractivity contribution in [1.82, 2.24) is 4.72 Å². The van der Waals surface area contributed by atoms with Gasteiger partial charge in [-0.05, 0) is 43.5 Å². The van der Waals surface area contributed by atoms with Crippen molar-refractivity contribution < 1.29 is 18.3 Å². The lowest BCUT2D eigenvalue weighted by Crippen LogP contribution is -2.40. The normalized spacial score (nSPS) is 13.2. The second-order valence-corrected chi connectivity index (χ2v) is 6.69. The summed E-state index contributed by atoms with van der Waals surface area (Å²) in [6.07, 6.45) is 1.76. The molecule has 0 bridgehead atoms. The van der Waals surface area contributed by atoms with E-state index in [9.17, 15) is 13.2 Å². The number of hydrogen-bond acceptors (Lipinski definition) is 3. The first-order valence-electron chi connectivity index (χ1n) is 6.59. The van der Waals surface area contributed by atoms with Gasteiger partial charge in [0, 0.05) is 0 Å². The average Bonchev–Trinajstić information content (AvgIpc) is 2.32. The maximum absolute atomic E-state index is 12.2. The Morgan fingerprint density at radius 3 is 2.25 bits per heavy atom. The molecule has 0 aliphatic carbocycles. The molecule has 20 heavy (non-hydrogen) atoms. The van der Waals surface area contributed by atoms with E-state index in [1.807, 2.05) is 13.0 Å². The number of sulfonamides is 1. The van der Waals surface area contributed by atoms with Crippen LogP contribution in [0.25, 0.3) is 0 Å². The maximum atomic E-state index is 12.2. The summed E-state index contributed by atoms with van der Waals surface area (Å²) in [5.74, 6) is -1.15. The molecular formula is C14H21NO4S. The van der Waals surface area contributed by atoms with Gasteiger partial charge in [-0.2, -0.15) is 4.72 Å². The Balaban J connectivity index is 3.00. The molecule has 0 saturated heterocycles. The van der Waals surface area contributed by atoms with Crippen LogP contribution < -0.4 is 4.72 Å². The van der Waals surface area contributed by atoms with Crippen LogP contribution >= 0.6 is 0 Å². The summed E-state index contributed by atoms with van der Waals surface area (Å²) in [6, 6.07) is 3.85. The highest BCUT2D eigenvalue weighted by Crippen LogP contribution is 2.15. The van der Waals surface area contributed by atoms with Crippen molar-refractivity contribution in [2.45, 2.75) is 51.0 Å². The molecular weight excluding hydrogens is 278 g/mol. The molecule has 0 radical (unpaired) electrons. The first-order chi connectivity index (χ1) is 9.26. The Morgan fingerprint density at radius 1 is 1.25 bits per heavy atom. The number of nitrogens with one attached hydrogen (secondary N) is 1. The average molecular weight is 299 g/mol. The first kappa shape index (κ1) is 16.7. The molecule has 6 heteroatoms. The highest BCUT2D eigenvalue weighted by atomic mass is 32.2. The topological polar surface area (TPSA) is 83.5 Å². The molecule has 1 aromatic carbocycles. The molecule has 0 spiro atoms. The van der Waals surface area contributed by atoms with Crippen LogP contribution in [0.2, 0.25) is 0 Å². The van der Waals surface area contributed by atoms with E-state index in [2.05, 4.69) is 4.72 Å². The molecule has 112 valence electrons. The van der Waals surface area contributed by atoms with Gasteiger partial charge in [-0.3, -0.25) is 4.79 Å². The molecule has 1 unspecified atom stereocenters. The van der Waals surface area contributed by atoms with Gasteiger partial charge in [0.15, 0.2) is 0 Å². The number of aliphatic carboxylic acids is 1. The first-order valence-corrected chi connectivity index (χ1v) is 8.08. The molecule has 0 fully saturated rings. The minimum absolute atomic E-state index is 0.109. The van der Waals surface area contributed by atoms with Crippen LogP contribution in [0.4, 0.5) is 0 Å². The van der Waals surface area contributed by atoms with Crippen LogP contribution in [0, 0.1) is 13.8 Å². The van der Waals surface area contributed by atoms with Crippen LogP contribution in [-0.2, 0) is 14.8 Å². The molecule has 0 saturated carbocycles. The van der Waals surface area contributed by atoms with Crippen LogP contribution in [0.1, 0.15) is 37.3 Å². The van der Waals surface area contributed by atoms with E-state index in [-0.39, 0.29) is 11.3 Å². The SMILES string of the molecule is CCCCC(NS(=O)(=O)c1cc(C)cc(C)c1)C(=O)O. The molecule has 0 aromatic heterocycles. The lowest BCUT2D eigenvalue weighted by molar-refractivity contribution is -0.139. The van der Waals surface area contributed by atoms with E-state index in [1.165, 1.54) is 12.1 Å². The van der Waals surface area contributed by atoms with Crippen LogP contribution in [0.3, 0.4) is 0 Å². The fraction of sp³-hybridized carbons (Fsp3) is 0.500. The van der Waals surface area contributed by atoms with Crippen LogP contribution in [0.5, 0.6) is 0 Å². The summed E-state index contributed by atoms with van der Waals surface area (Å²) >= 11 is 0. The zero-order valence-corrected chi connectivity index (χ0v) is 12.8. The predicted octanol–water partition coefficient (Wildman–Crippen LogP) is 2.23. The third-order valence-corrected chi connectivity index (χ3v) is 4.40. The molecule has 0 aliphatic heterocycles. The van der Waals surface area contributed by atoms with Crippen molar-refractivity contribution in [3.8, 4) is 0 Å². The Labute approximate surface area is 120 Å². The van der Waals surface area contributed by atoms with Crippen molar-refractivity contribution in [2.24, 2.45) is 0 Å². The monoisotopic (exact) mass is 299 g/mol. The third-order valence-electron chi connectivity index (χ3n) is 2.95. The van der Waals surface area contributed by atoms with Gasteiger partial charge in [0.2, 0.25) is 10.0 Å². The molecule has 5 nitrogen and oxygen atoms in total. The Hall–Kier alpha value is -1.40. The van der Waals surface area contributed by atoms with Crippen molar-refractivity contribution in [3.63, 3.8) is 0 Å². The molecule has 0 heterocycles. The summed E-state index contributed by atoms with van der Waals surface area (Å²) in [7, 11) is -3.81. The van der Waals surface area contributed by atoms with Crippen LogP contribution in [0.15, 0.2) is 23.1 Å². The summed E-state index contributed by atoms with van der Waals surface area (Å²) in [4.78, 5) is 11.2.